The average Bonchev–Trinajstić information content (AvgIpc) is 2.41. The molecule has 0 aliphatic carbocycles. The van der Waals surface area contributed by atoms with E-state index in [0.717, 1.165) is 11.1 Å². The molecular weight excluding hydrogens is 297 g/mol. The predicted octanol–water partition coefficient (Wildman–Crippen LogP) is 4.59. The summed E-state index contributed by atoms with van der Waals surface area (Å²) in [5, 5.41) is 0.354. The van der Waals surface area contributed by atoms with Gasteiger partial charge in [0.15, 0.2) is 0 Å². The molecule has 22 heavy (non-hydrogen) atoms. The lowest BCUT2D eigenvalue weighted by Gasteiger charge is -2.16. The number of ether oxygens (including phenoxy) is 1. The second-order valence-corrected chi connectivity index (χ2v) is 5.53. The van der Waals surface area contributed by atoms with Gasteiger partial charge in [0.25, 0.3) is 5.17 Å². The third kappa shape index (κ3) is 4.81. The molecule has 0 N–H and O–H groups in total. The molecule has 0 unspecified atom stereocenters. The number of hydrogen-bond donors (Lipinski definition) is 0. The maximum atomic E-state index is 13.5. The Morgan fingerprint density at radius 3 is 2.55 bits per heavy atom. The van der Waals surface area contributed by atoms with Crippen molar-refractivity contribution in [3.63, 3.8) is 0 Å². The van der Waals surface area contributed by atoms with Crippen molar-refractivity contribution in [3.05, 3.63) is 65.0 Å². The summed E-state index contributed by atoms with van der Waals surface area (Å²) in [6.07, 6.45) is 0.602. The normalized spacial score (nSPS) is 9.82. The fourth-order valence-corrected chi connectivity index (χ4v) is 2.10. The van der Waals surface area contributed by atoms with Gasteiger partial charge < -0.3 is 9.64 Å². The third-order valence-electron chi connectivity index (χ3n) is 3.06. The molecule has 2 aromatic rings. The van der Waals surface area contributed by atoms with Crippen molar-refractivity contribution >= 4 is 17.4 Å². The number of benzene rings is 2. The molecule has 0 saturated heterocycles. The monoisotopic (exact) mass is 319 g/mol. The highest BCUT2D eigenvalue weighted by molar-refractivity contribution is 7.80. The standard InChI is InChI=1S/C17H18FNOS.CH4/c1-12-5-4-6-13(9-12)10-14-11-15(18)7-8-16(14)20-17(21)19(2)3;/h4-9,11H,10H2,1-3H3;1H4. The zero-order chi connectivity index (χ0) is 15.4. The average molecular weight is 319 g/mol. The molecule has 0 heterocycles. The lowest BCUT2D eigenvalue weighted by atomic mass is 10.0. The molecule has 0 atom stereocenters. The lowest BCUT2D eigenvalue weighted by molar-refractivity contribution is 0.445. The summed E-state index contributed by atoms with van der Waals surface area (Å²) in [5.74, 6) is 0.317. The lowest BCUT2D eigenvalue weighted by Crippen LogP contribution is -2.25. The van der Waals surface area contributed by atoms with Crippen LogP contribution in [0.4, 0.5) is 4.39 Å². The van der Waals surface area contributed by atoms with Crippen LogP contribution in [0.5, 0.6) is 5.75 Å². The number of thiocarbonyl (C=S) groups is 1. The first-order valence-corrected chi connectivity index (χ1v) is 7.09. The Labute approximate surface area is 137 Å². The van der Waals surface area contributed by atoms with E-state index < -0.39 is 0 Å². The van der Waals surface area contributed by atoms with Gasteiger partial charge in [-0.15, -0.1) is 0 Å². The van der Waals surface area contributed by atoms with Crippen LogP contribution < -0.4 is 4.74 Å². The van der Waals surface area contributed by atoms with Crippen LogP contribution in [-0.4, -0.2) is 24.2 Å². The van der Waals surface area contributed by atoms with Gasteiger partial charge in [0, 0.05) is 26.1 Å². The Balaban J connectivity index is 0.00000242. The fraction of sp³-hybridized carbons (Fsp3) is 0.278. The SMILES string of the molecule is C.Cc1cccc(Cc2cc(F)ccc2OC(=S)N(C)C)c1. The van der Waals surface area contributed by atoms with Gasteiger partial charge in [-0.25, -0.2) is 4.39 Å². The number of halogens is 1. The van der Waals surface area contributed by atoms with Gasteiger partial charge in [0.1, 0.15) is 11.6 Å². The first-order valence-electron chi connectivity index (χ1n) is 6.69. The number of hydrogen-bond acceptors (Lipinski definition) is 2. The Morgan fingerprint density at radius 2 is 1.91 bits per heavy atom. The number of nitrogens with zero attached hydrogens (tertiary/aromatic N) is 1. The van der Waals surface area contributed by atoms with Crippen molar-refractivity contribution in [1.82, 2.24) is 4.90 Å². The zero-order valence-electron chi connectivity index (χ0n) is 12.4. The van der Waals surface area contributed by atoms with E-state index >= 15 is 0 Å². The Hall–Kier alpha value is -1.94. The number of aryl methyl sites for hydroxylation is 1. The molecule has 2 aromatic carbocycles. The summed E-state index contributed by atoms with van der Waals surface area (Å²) in [7, 11) is 3.62. The van der Waals surface area contributed by atoms with Crippen LogP contribution in [0.1, 0.15) is 24.1 Å². The van der Waals surface area contributed by atoms with Gasteiger partial charge in [-0.05, 0) is 42.9 Å². The molecule has 4 heteroatoms. The molecule has 2 rings (SSSR count). The van der Waals surface area contributed by atoms with E-state index in [-0.39, 0.29) is 13.2 Å². The highest BCUT2D eigenvalue weighted by atomic mass is 32.1. The summed E-state index contributed by atoms with van der Waals surface area (Å²) in [6, 6.07) is 12.6. The van der Waals surface area contributed by atoms with Crippen molar-refractivity contribution in [3.8, 4) is 5.75 Å². The molecule has 0 aliphatic rings. The van der Waals surface area contributed by atoms with E-state index in [1.807, 2.05) is 39.2 Å². The van der Waals surface area contributed by atoms with E-state index in [4.69, 9.17) is 17.0 Å². The molecule has 0 aliphatic heterocycles. The van der Waals surface area contributed by atoms with Crippen molar-refractivity contribution in [1.29, 1.82) is 0 Å². The van der Waals surface area contributed by atoms with Gasteiger partial charge in [-0.2, -0.15) is 0 Å². The van der Waals surface area contributed by atoms with E-state index in [9.17, 15) is 4.39 Å². The van der Waals surface area contributed by atoms with Crippen LogP contribution in [0.15, 0.2) is 42.5 Å². The second-order valence-electron chi connectivity index (χ2n) is 5.18. The highest BCUT2D eigenvalue weighted by Gasteiger charge is 2.10. The molecule has 118 valence electrons. The summed E-state index contributed by atoms with van der Waals surface area (Å²) in [5.41, 5.74) is 3.07. The van der Waals surface area contributed by atoms with Gasteiger partial charge in [-0.1, -0.05) is 37.3 Å². The van der Waals surface area contributed by atoms with E-state index in [1.54, 1.807) is 11.0 Å². The first-order chi connectivity index (χ1) is 9.95. The molecule has 0 amide bonds. The Bertz CT molecular complexity index is 655. The predicted molar refractivity (Wildman–Crippen MR) is 94.0 cm³/mol. The van der Waals surface area contributed by atoms with Gasteiger partial charge in [0.2, 0.25) is 0 Å². The minimum atomic E-state index is -0.277. The Kier molecular flexibility index (Phi) is 6.50. The van der Waals surface area contributed by atoms with E-state index in [1.165, 1.54) is 17.7 Å². The maximum Gasteiger partial charge on any atom is 0.264 e. The summed E-state index contributed by atoms with van der Waals surface area (Å²) >= 11 is 5.15. The summed E-state index contributed by atoms with van der Waals surface area (Å²) in [6.45, 7) is 2.04. The molecule has 0 saturated carbocycles. The smallest absolute Gasteiger partial charge is 0.264 e. The molecule has 0 aromatic heterocycles. The van der Waals surface area contributed by atoms with Gasteiger partial charge >= 0.3 is 0 Å². The largest absolute Gasteiger partial charge is 0.431 e. The molecule has 2 nitrogen and oxygen atoms in total. The van der Waals surface area contributed by atoms with E-state index in [2.05, 4.69) is 6.07 Å². The Morgan fingerprint density at radius 1 is 1.18 bits per heavy atom. The van der Waals surface area contributed by atoms with Crippen molar-refractivity contribution < 1.29 is 9.13 Å². The molecule has 0 fully saturated rings. The number of rotatable bonds is 3. The van der Waals surface area contributed by atoms with Crippen LogP contribution in [0.25, 0.3) is 0 Å². The van der Waals surface area contributed by atoms with Crippen LogP contribution in [0.2, 0.25) is 0 Å². The third-order valence-corrected chi connectivity index (χ3v) is 3.51. The summed E-state index contributed by atoms with van der Waals surface area (Å²) in [4.78, 5) is 1.70. The van der Waals surface area contributed by atoms with Crippen LogP contribution >= 0.6 is 12.2 Å². The zero-order valence-corrected chi connectivity index (χ0v) is 13.2. The molecular formula is C18H22FNOS. The van der Waals surface area contributed by atoms with E-state index in [0.29, 0.717) is 17.3 Å². The van der Waals surface area contributed by atoms with Crippen LogP contribution in [0, 0.1) is 12.7 Å². The van der Waals surface area contributed by atoms with Crippen LogP contribution in [0.3, 0.4) is 0 Å². The molecule has 0 spiro atoms. The van der Waals surface area contributed by atoms with Crippen LogP contribution in [-0.2, 0) is 6.42 Å². The minimum Gasteiger partial charge on any atom is -0.431 e. The quantitative estimate of drug-likeness (QED) is 0.768. The maximum absolute atomic E-state index is 13.5. The van der Waals surface area contributed by atoms with Gasteiger partial charge in [0.05, 0.1) is 0 Å². The van der Waals surface area contributed by atoms with Crippen molar-refractivity contribution in [2.24, 2.45) is 0 Å². The molecule has 0 bridgehead atoms. The summed E-state index contributed by atoms with van der Waals surface area (Å²) < 4.78 is 19.2. The first kappa shape index (κ1) is 18.1. The topological polar surface area (TPSA) is 12.5 Å². The fourth-order valence-electron chi connectivity index (χ4n) is 2.01. The second kappa shape index (κ2) is 7.90. The highest BCUT2D eigenvalue weighted by Crippen LogP contribution is 2.24. The van der Waals surface area contributed by atoms with Crippen molar-refractivity contribution in [2.75, 3.05) is 14.1 Å². The minimum absolute atomic E-state index is 0. The van der Waals surface area contributed by atoms with Crippen molar-refractivity contribution in [2.45, 2.75) is 20.8 Å². The molecule has 0 radical (unpaired) electrons. The van der Waals surface area contributed by atoms with Gasteiger partial charge in [-0.3, -0.25) is 0 Å².